The predicted octanol–water partition coefficient (Wildman–Crippen LogP) is 2.26. The number of aliphatic hydroxyl groups is 1. The first kappa shape index (κ1) is 14.2. The molecule has 0 heterocycles. The molecule has 17 heavy (non-hydrogen) atoms. The third kappa shape index (κ3) is 5.35. The Balaban J connectivity index is 2.28. The summed E-state index contributed by atoms with van der Waals surface area (Å²) in [5.41, 5.74) is 0. The van der Waals surface area contributed by atoms with Crippen molar-refractivity contribution < 1.29 is 9.90 Å². The standard InChI is InChI=1S/C14H25NO2/c1-3-13(16)9-11-6-5-7-12(8-11)10-15-14(17)4-2/h4,11-13,16H,2-3,5-10H2,1H3,(H,15,17). The van der Waals surface area contributed by atoms with Crippen molar-refractivity contribution in [3.63, 3.8) is 0 Å². The molecule has 0 aliphatic heterocycles. The van der Waals surface area contributed by atoms with Gasteiger partial charge in [-0.15, -0.1) is 0 Å². The number of carbonyl (C=O) groups excluding carboxylic acids is 1. The van der Waals surface area contributed by atoms with Crippen LogP contribution in [0.1, 0.15) is 45.4 Å². The fourth-order valence-electron chi connectivity index (χ4n) is 2.67. The van der Waals surface area contributed by atoms with E-state index in [1.165, 1.54) is 25.3 Å². The van der Waals surface area contributed by atoms with Crippen LogP contribution >= 0.6 is 0 Å². The zero-order chi connectivity index (χ0) is 12.7. The lowest BCUT2D eigenvalue weighted by Gasteiger charge is -2.30. The van der Waals surface area contributed by atoms with Gasteiger partial charge in [-0.1, -0.05) is 26.3 Å². The molecular formula is C14H25NO2. The Labute approximate surface area is 104 Å². The van der Waals surface area contributed by atoms with Gasteiger partial charge in [0, 0.05) is 6.54 Å². The maximum Gasteiger partial charge on any atom is 0.243 e. The third-order valence-electron chi connectivity index (χ3n) is 3.72. The van der Waals surface area contributed by atoms with Crippen LogP contribution in [0.25, 0.3) is 0 Å². The first-order valence-corrected chi connectivity index (χ1v) is 6.74. The Morgan fingerprint density at radius 1 is 1.53 bits per heavy atom. The highest BCUT2D eigenvalue weighted by atomic mass is 16.3. The van der Waals surface area contributed by atoms with Gasteiger partial charge in [0.1, 0.15) is 0 Å². The number of aliphatic hydroxyl groups excluding tert-OH is 1. The Morgan fingerprint density at radius 3 is 2.88 bits per heavy atom. The molecule has 1 saturated carbocycles. The average Bonchev–Trinajstić information content (AvgIpc) is 2.36. The minimum absolute atomic E-state index is 0.0827. The van der Waals surface area contributed by atoms with Crippen molar-refractivity contribution in [1.82, 2.24) is 5.32 Å². The topological polar surface area (TPSA) is 49.3 Å². The van der Waals surface area contributed by atoms with Crippen molar-refractivity contribution in [3.05, 3.63) is 12.7 Å². The Bertz CT molecular complexity index is 253. The van der Waals surface area contributed by atoms with Crippen molar-refractivity contribution in [1.29, 1.82) is 0 Å². The molecule has 0 aromatic rings. The van der Waals surface area contributed by atoms with Crippen molar-refractivity contribution in [2.75, 3.05) is 6.54 Å². The van der Waals surface area contributed by atoms with Crippen molar-refractivity contribution in [2.24, 2.45) is 11.8 Å². The minimum atomic E-state index is -0.151. The van der Waals surface area contributed by atoms with Gasteiger partial charge in [-0.25, -0.2) is 0 Å². The minimum Gasteiger partial charge on any atom is -0.393 e. The van der Waals surface area contributed by atoms with Gasteiger partial charge < -0.3 is 10.4 Å². The predicted molar refractivity (Wildman–Crippen MR) is 69.6 cm³/mol. The number of hydrogen-bond acceptors (Lipinski definition) is 2. The van der Waals surface area contributed by atoms with Gasteiger partial charge in [0.05, 0.1) is 6.10 Å². The SMILES string of the molecule is C=CC(=O)NCC1CCCC(CC(O)CC)C1. The van der Waals surface area contributed by atoms with E-state index in [-0.39, 0.29) is 12.0 Å². The van der Waals surface area contributed by atoms with Crippen LogP contribution in [0, 0.1) is 11.8 Å². The molecule has 98 valence electrons. The van der Waals surface area contributed by atoms with Gasteiger partial charge >= 0.3 is 0 Å². The van der Waals surface area contributed by atoms with Crippen LogP contribution in [0.5, 0.6) is 0 Å². The number of amides is 1. The van der Waals surface area contributed by atoms with Gasteiger partial charge in [-0.05, 0) is 43.6 Å². The molecule has 0 spiro atoms. The number of carbonyl (C=O) groups is 1. The summed E-state index contributed by atoms with van der Waals surface area (Å²) in [6.07, 6.45) is 7.70. The molecule has 0 radical (unpaired) electrons. The summed E-state index contributed by atoms with van der Waals surface area (Å²) in [4.78, 5) is 11.1. The molecule has 0 aromatic carbocycles. The molecule has 3 unspecified atom stereocenters. The van der Waals surface area contributed by atoms with Gasteiger partial charge in [0.15, 0.2) is 0 Å². The van der Waals surface area contributed by atoms with E-state index in [4.69, 9.17) is 0 Å². The van der Waals surface area contributed by atoms with Crippen LogP contribution in [0.15, 0.2) is 12.7 Å². The maximum absolute atomic E-state index is 11.1. The second-order valence-electron chi connectivity index (χ2n) is 5.15. The number of hydrogen-bond donors (Lipinski definition) is 2. The van der Waals surface area contributed by atoms with Crippen LogP contribution in [-0.2, 0) is 4.79 Å². The number of nitrogens with one attached hydrogen (secondary N) is 1. The molecule has 3 atom stereocenters. The molecule has 3 heteroatoms. The first-order chi connectivity index (χ1) is 8.15. The van der Waals surface area contributed by atoms with Gasteiger partial charge in [0.25, 0.3) is 0 Å². The zero-order valence-electron chi connectivity index (χ0n) is 10.8. The lowest BCUT2D eigenvalue weighted by atomic mass is 9.78. The number of rotatable bonds is 6. The van der Waals surface area contributed by atoms with Crippen molar-refractivity contribution in [2.45, 2.75) is 51.6 Å². The summed E-state index contributed by atoms with van der Waals surface area (Å²) in [6, 6.07) is 0. The summed E-state index contributed by atoms with van der Waals surface area (Å²) in [5, 5.41) is 12.5. The molecule has 1 rings (SSSR count). The van der Waals surface area contributed by atoms with Crippen LogP contribution in [0.3, 0.4) is 0 Å². The zero-order valence-corrected chi connectivity index (χ0v) is 10.8. The molecule has 1 amide bonds. The average molecular weight is 239 g/mol. The van der Waals surface area contributed by atoms with Crippen LogP contribution < -0.4 is 5.32 Å². The fraction of sp³-hybridized carbons (Fsp3) is 0.786. The van der Waals surface area contributed by atoms with E-state index in [9.17, 15) is 9.90 Å². The highest BCUT2D eigenvalue weighted by Gasteiger charge is 2.23. The Morgan fingerprint density at radius 2 is 2.24 bits per heavy atom. The fourth-order valence-corrected chi connectivity index (χ4v) is 2.67. The molecule has 2 N–H and O–H groups in total. The van der Waals surface area contributed by atoms with Crippen molar-refractivity contribution in [3.8, 4) is 0 Å². The largest absolute Gasteiger partial charge is 0.393 e. The van der Waals surface area contributed by atoms with Gasteiger partial charge in [-0.3, -0.25) is 4.79 Å². The highest BCUT2D eigenvalue weighted by Crippen LogP contribution is 2.31. The summed E-state index contributed by atoms with van der Waals surface area (Å²) >= 11 is 0. The van der Waals surface area contributed by atoms with E-state index in [1.807, 2.05) is 6.92 Å². The van der Waals surface area contributed by atoms with E-state index in [2.05, 4.69) is 11.9 Å². The van der Waals surface area contributed by atoms with Crippen LogP contribution in [0.2, 0.25) is 0 Å². The second kappa shape index (κ2) is 7.49. The van der Waals surface area contributed by atoms with Gasteiger partial charge in [-0.2, -0.15) is 0 Å². The van der Waals surface area contributed by atoms with E-state index in [1.54, 1.807) is 0 Å². The van der Waals surface area contributed by atoms with Crippen LogP contribution in [0.4, 0.5) is 0 Å². The first-order valence-electron chi connectivity index (χ1n) is 6.74. The summed E-state index contributed by atoms with van der Waals surface area (Å²) in [7, 11) is 0. The summed E-state index contributed by atoms with van der Waals surface area (Å²) in [5.74, 6) is 1.12. The molecule has 0 bridgehead atoms. The molecular weight excluding hydrogens is 214 g/mol. The smallest absolute Gasteiger partial charge is 0.243 e. The van der Waals surface area contributed by atoms with E-state index in [0.29, 0.717) is 11.8 Å². The summed E-state index contributed by atoms with van der Waals surface area (Å²) < 4.78 is 0. The van der Waals surface area contributed by atoms with E-state index in [0.717, 1.165) is 25.8 Å². The van der Waals surface area contributed by atoms with Crippen molar-refractivity contribution >= 4 is 5.91 Å². The molecule has 1 aliphatic rings. The monoisotopic (exact) mass is 239 g/mol. The quantitative estimate of drug-likeness (QED) is 0.698. The lowest BCUT2D eigenvalue weighted by Crippen LogP contribution is -2.31. The highest BCUT2D eigenvalue weighted by molar-refractivity contribution is 5.86. The van der Waals surface area contributed by atoms with Crippen LogP contribution in [-0.4, -0.2) is 23.7 Å². The molecule has 0 saturated heterocycles. The second-order valence-corrected chi connectivity index (χ2v) is 5.15. The van der Waals surface area contributed by atoms with E-state index < -0.39 is 0 Å². The normalized spacial score (nSPS) is 26.2. The Hall–Kier alpha value is -0.830. The maximum atomic E-state index is 11.1. The molecule has 3 nitrogen and oxygen atoms in total. The molecule has 1 fully saturated rings. The molecule has 1 aliphatic carbocycles. The molecule has 0 aromatic heterocycles. The third-order valence-corrected chi connectivity index (χ3v) is 3.72. The van der Waals surface area contributed by atoms with E-state index >= 15 is 0 Å². The Kier molecular flexibility index (Phi) is 6.27. The lowest BCUT2D eigenvalue weighted by molar-refractivity contribution is -0.116. The van der Waals surface area contributed by atoms with Gasteiger partial charge in [0.2, 0.25) is 5.91 Å². The summed E-state index contributed by atoms with van der Waals surface area (Å²) in [6.45, 7) is 6.22.